The van der Waals surface area contributed by atoms with Crippen LogP contribution in [0.4, 0.5) is 0 Å². The van der Waals surface area contributed by atoms with Gasteiger partial charge in [0, 0.05) is 60.7 Å². The molecule has 5 heterocycles. The maximum absolute atomic E-state index is 6.34. The summed E-state index contributed by atoms with van der Waals surface area (Å²) in [6.07, 6.45) is 9.41. The lowest BCUT2D eigenvalue weighted by Gasteiger charge is -2.31. The van der Waals surface area contributed by atoms with Crippen LogP contribution in [0.25, 0.3) is 0 Å². The second-order valence-electron chi connectivity index (χ2n) is 11.9. The number of hydrogen-bond acceptors (Lipinski definition) is 6. The van der Waals surface area contributed by atoms with Crippen molar-refractivity contribution in [1.29, 1.82) is 0 Å². The van der Waals surface area contributed by atoms with Crippen molar-refractivity contribution in [3.05, 3.63) is 23.5 Å². The predicted octanol–water partition coefficient (Wildman–Crippen LogP) is 4.42. The molecule has 5 unspecified atom stereocenters. The monoisotopic (exact) mass is 456 g/mol. The Labute approximate surface area is 200 Å². The second-order valence-corrected chi connectivity index (χ2v) is 11.9. The average Bonchev–Trinajstić information content (AvgIpc) is 3.62. The highest BCUT2D eigenvalue weighted by Crippen LogP contribution is 2.51. The van der Waals surface area contributed by atoms with Gasteiger partial charge in [-0.2, -0.15) is 10.2 Å². The molecule has 0 aromatic carbocycles. The maximum Gasteiger partial charge on any atom is 0.0910 e. The molecule has 5 atom stereocenters. The molecule has 184 valence electrons. The van der Waals surface area contributed by atoms with E-state index in [4.69, 9.17) is 9.47 Å². The lowest BCUT2D eigenvalue weighted by molar-refractivity contribution is 0.0489. The molecule has 2 spiro atoms. The Balaban J connectivity index is 1.19. The lowest BCUT2D eigenvalue weighted by atomic mass is 9.77. The van der Waals surface area contributed by atoms with Crippen LogP contribution in [-0.4, -0.2) is 78.1 Å². The standard InChI is InChI=1S/C27H44N4O2/c1-20(2)30-12-8-27(18-30)10-14-33-25(27)23-15-24(29-28-16-23)21(3)5-6-22(4)31-11-7-26(17-31)9-13-32-19-26/h15-16,20-22,25H,5-14,17-19H2,1-4H3. The van der Waals surface area contributed by atoms with Crippen molar-refractivity contribution in [2.24, 2.45) is 10.8 Å². The quantitative estimate of drug-likeness (QED) is 0.605. The molecule has 0 radical (unpaired) electrons. The van der Waals surface area contributed by atoms with Gasteiger partial charge in [-0.05, 0) is 78.5 Å². The van der Waals surface area contributed by atoms with Gasteiger partial charge in [-0.15, -0.1) is 0 Å². The number of ether oxygens (including phenoxy) is 2. The van der Waals surface area contributed by atoms with E-state index in [2.05, 4.69) is 53.8 Å². The maximum atomic E-state index is 6.34. The Bertz CT molecular complexity index is 811. The van der Waals surface area contributed by atoms with Gasteiger partial charge in [0.25, 0.3) is 0 Å². The number of nitrogens with zero attached hydrogens (tertiary/aromatic N) is 4. The van der Waals surface area contributed by atoms with Crippen molar-refractivity contribution < 1.29 is 9.47 Å². The summed E-state index contributed by atoms with van der Waals surface area (Å²) >= 11 is 0. The fraction of sp³-hybridized carbons (Fsp3) is 0.852. The van der Waals surface area contributed by atoms with Crippen LogP contribution < -0.4 is 0 Å². The molecule has 6 nitrogen and oxygen atoms in total. The van der Waals surface area contributed by atoms with E-state index < -0.39 is 0 Å². The first-order valence-electron chi connectivity index (χ1n) is 13.4. The van der Waals surface area contributed by atoms with Crippen molar-refractivity contribution in [3.8, 4) is 0 Å². The van der Waals surface area contributed by atoms with Gasteiger partial charge in [0.05, 0.1) is 24.6 Å². The van der Waals surface area contributed by atoms with Crippen LogP contribution in [0.3, 0.4) is 0 Å². The van der Waals surface area contributed by atoms with E-state index in [9.17, 15) is 0 Å². The Morgan fingerprint density at radius 2 is 1.85 bits per heavy atom. The first-order chi connectivity index (χ1) is 15.9. The predicted molar refractivity (Wildman–Crippen MR) is 130 cm³/mol. The Morgan fingerprint density at radius 1 is 1.00 bits per heavy atom. The van der Waals surface area contributed by atoms with Gasteiger partial charge in [0.1, 0.15) is 0 Å². The van der Waals surface area contributed by atoms with Crippen LogP contribution in [0.15, 0.2) is 12.3 Å². The molecule has 4 saturated heterocycles. The molecular weight excluding hydrogens is 412 g/mol. The SMILES string of the molecule is CC(CCC(C)N1CCC2(CCOC2)C1)c1cc(C2OCCC23CCN(C(C)C)C3)cnn1. The van der Waals surface area contributed by atoms with Crippen molar-refractivity contribution in [2.45, 2.75) is 90.3 Å². The largest absolute Gasteiger partial charge is 0.381 e. The molecule has 1 aromatic rings. The molecule has 4 fully saturated rings. The second kappa shape index (κ2) is 9.52. The molecule has 0 bridgehead atoms. The zero-order valence-electron chi connectivity index (χ0n) is 21.3. The summed E-state index contributed by atoms with van der Waals surface area (Å²) in [6.45, 7) is 16.9. The summed E-state index contributed by atoms with van der Waals surface area (Å²) in [5, 5.41) is 9.00. The summed E-state index contributed by atoms with van der Waals surface area (Å²) in [7, 11) is 0. The average molecular weight is 457 g/mol. The summed E-state index contributed by atoms with van der Waals surface area (Å²) in [5.74, 6) is 0.416. The Morgan fingerprint density at radius 3 is 2.61 bits per heavy atom. The molecule has 0 amide bonds. The number of aromatic nitrogens is 2. The van der Waals surface area contributed by atoms with Crippen molar-refractivity contribution >= 4 is 0 Å². The summed E-state index contributed by atoms with van der Waals surface area (Å²) < 4.78 is 12.1. The molecule has 0 N–H and O–H groups in total. The van der Waals surface area contributed by atoms with Gasteiger partial charge >= 0.3 is 0 Å². The molecule has 6 heteroatoms. The van der Waals surface area contributed by atoms with Gasteiger partial charge in [0.2, 0.25) is 0 Å². The van der Waals surface area contributed by atoms with E-state index in [0.29, 0.717) is 23.4 Å². The van der Waals surface area contributed by atoms with Gasteiger partial charge < -0.3 is 14.4 Å². The van der Waals surface area contributed by atoms with Crippen LogP contribution in [0.5, 0.6) is 0 Å². The van der Waals surface area contributed by atoms with Gasteiger partial charge in [0.15, 0.2) is 0 Å². The summed E-state index contributed by atoms with van der Waals surface area (Å²) in [5.41, 5.74) is 3.07. The molecule has 0 saturated carbocycles. The molecular formula is C27H44N4O2. The Hall–Kier alpha value is -1.08. The van der Waals surface area contributed by atoms with E-state index in [1.807, 2.05) is 6.20 Å². The van der Waals surface area contributed by atoms with Crippen LogP contribution in [-0.2, 0) is 9.47 Å². The van der Waals surface area contributed by atoms with Crippen molar-refractivity contribution in [3.63, 3.8) is 0 Å². The van der Waals surface area contributed by atoms with E-state index in [-0.39, 0.29) is 11.5 Å². The first kappa shape index (κ1) is 23.7. The highest BCUT2D eigenvalue weighted by molar-refractivity contribution is 5.22. The number of rotatable bonds is 7. The lowest BCUT2D eigenvalue weighted by Crippen LogP contribution is -2.34. The molecule has 0 aliphatic carbocycles. The first-order valence-corrected chi connectivity index (χ1v) is 13.4. The normalized spacial score (nSPS) is 34.9. The fourth-order valence-electron chi connectivity index (χ4n) is 6.85. The van der Waals surface area contributed by atoms with Crippen LogP contribution in [0, 0.1) is 10.8 Å². The molecule has 4 aliphatic rings. The smallest absolute Gasteiger partial charge is 0.0910 e. The van der Waals surface area contributed by atoms with Gasteiger partial charge in [-0.1, -0.05) is 6.92 Å². The minimum atomic E-state index is 0.163. The van der Waals surface area contributed by atoms with Gasteiger partial charge in [-0.3, -0.25) is 4.90 Å². The van der Waals surface area contributed by atoms with E-state index in [0.717, 1.165) is 44.9 Å². The zero-order chi connectivity index (χ0) is 23.1. The van der Waals surface area contributed by atoms with Crippen molar-refractivity contribution in [2.75, 3.05) is 46.0 Å². The molecule has 33 heavy (non-hydrogen) atoms. The highest BCUT2D eigenvalue weighted by atomic mass is 16.5. The molecule has 1 aromatic heterocycles. The van der Waals surface area contributed by atoms with Crippen LogP contribution in [0.2, 0.25) is 0 Å². The van der Waals surface area contributed by atoms with E-state index in [1.54, 1.807) is 0 Å². The van der Waals surface area contributed by atoms with E-state index >= 15 is 0 Å². The number of likely N-dealkylation sites (tertiary alicyclic amines) is 2. The van der Waals surface area contributed by atoms with Crippen molar-refractivity contribution in [1.82, 2.24) is 20.0 Å². The van der Waals surface area contributed by atoms with Crippen LogP contribution >= 0.6 is 0 Å². The number of hydrogen-bond donors (Lipinski definition) is 0. The topological polar surface area (TPSA) is 50.7 Å². The summed E-state index contributed by atoms with van der Waals surface area (Å²) in [6, 6.07) is 3.52. The minimum absolute atomic E-state index is 0.163. The Kier molecular flexibility index (Phi) is 6.82. The fourth-order valence-corrected chi connectivity index (χ4v) is 6.85. The van der Waals surface area contributed by atoms with E-state index in [1.165, 1.54) is 50.9 Å². The minimum Gasteiger partial charge on any atom is -0.381 e. The molecule has 5 rings (SSSR count). The van der Waals surface area contributed by atoms with Gasteiger partial charge in [-0.25, -0.2) is 0 Å². The third kappa shape index (κ3) is 4.73. The zero-order valence-corrected chi connectivity index (χ0v) is 21.3. The summed E-state index contributed by atoms with van der Waals surface area (Å²) in [4.78, 5) is 5.31. The molecule has 4 aliphatic heterocycles. The third-order valence-corrected chi connectivity index (χ3v) is 9.38. The third-order valence-electron chi connectivity index (χ3n) is 9.38. The van der Waals surface area contributed by atoms with Crippen LogP contribution in [0.1, 0.15) is 89.5 Å². The highest BCUT2D eigenvalue weighted by Gasteiger charge is 2.49.